The van der Waals surface area contributed by atoms with Gasteiger partial charge in [-0.05, 0) is 35.9 Å². The third kappa shape index (κ3) is 3.12. The van der Waals surface area contributed by atoms with Crippen molar-refractivity contribution in [3.8, 4) is 5.75 Å². The van der Waals surface area contributed by atoms with Crippen LogP contribution in [-0.4, -0.2) is 33.7 Å². The summed E-state index contributed by atoms with van der Waals surface area (Å²) >= 11 is 0. The molecule has 2 aromatic carbocycles. The predicted octanol–water partition coefficient (Wildman–Crippen LogP) is 3.48. The van der Waals surface area contributed by atoms with E-state index in [2.05, 4.69) is 15.1 Å². The summed E-state index contributed by atoms with van der Waals surface area (Å²) in [5.74, 6) is -0.0550. The average molecular weight is 364 g/mol. The van der Waals surface area contributed by atoms with Gasteiger partial charge in [0.25, 0.3) is 0 Å². The Labute approximate surface area is 155 Å². The molecule has 0 aliphatic carbocycles. The molecule has 0 N–H and O–H groups in total. The van der Waals surface area contributed by atoms with Gasteiger partial charge in [-0.2, -0.15) is 5.10 Å². The SMILES string of the molecule is COc1ccc(F)cc1C1=NN(C(C)=O)[C@@H](c2ccc3nccnc3c2)C1. The zero-order chi connectivity index (χ0) is 19.0. The molecule has 1 aliphatic heterocycles. The average Bonchev–Trinajstić information content (AvgIpc) is 3.13. The van der Waals surface area contributed by atoms with Crippen LogP contribution in [0.3, 0.4) is 0 Å². The fraction of sp³-hybridized carbons (Fsp3) is 0.200. The van der Waals surface area contributed by atoms with Crippen molar-refractivity contribution in [1.29, 1.82) is 0 Å². The van der Waals surface area contributed by atoms with E-state index < -0.39 is 0 Å². The van der Waals surface area contributed by atoms with Crippen molar-refractivity contribution in [3.63, 3.8) is 0 Å². The summed E-state index contributed by atoms with van der Waals surface area (Å²) in [5.41, 5.74) is 3.57. The molecule has 0 bridgehead atoms. The molecular formula is C20H17FN4O2. The highest BCUT2D eigenvalue weighted by Crippen LogP contribution is 2.35. The van der Waals surface area contributed by atoms with Crippen LogP contribution in [0.5, 0.6) is 5.75 Å². The minimum absolute atomic E-state index is 0.190. The monoisotopic (exact) mass is 364 g/mol. The van der Waals surface area contributed by atoms with Crippen molar-refractivity contribution in [2.75, 3.05) is 7.11 Å². The van der Waals surface area contributed by atoms with Gasteiger partial charge < -0.3 is 4.74 Å². The minimum atomic E-state index is -0.382. The molecule has 27 heavy (non-hydrogen) atoms. The third-order valence-electron chi connectivity index (χ3n) is 4.58. The number of benzene rings is 2. The number of carbonyl (C=O) groups is 1. The molecule has 1 aliphatic rings. The first kappa shape index (κ1) is 17.1. The lowest BCUT2D eigenvalue weighted by Gasteiger charge is -2.20. The number of amides is 1. The molecule has 1 amide bonds. The van der Waals surface area contributed by atoms with E-state index in [1.165, 1.54) is 31.2 Å². The normalized spacial score (nSPS) is 16.5. The molecular weight excluding hydrogens is 347 g/mol. The van der Waals surface area contributed by atoms with Crippen LogP contribution in [-0.2, 0) is 4.79 Å². The Morgan fingerprint density at radius 1 is 1.15 bits per heavy atom. The van der Waals surface area contributed by atoms with E-state index >= 15 is 0 Å². The van der Waals surface area contributed by atoms with Gasteiger partial charge in [-0.3, -0.25) is 14.8 Å². The Hall–Kier alpha value is -3.35. The lowest BCUT2D eigenvalue weighted by atomic mass is 9.97. The van der Waals surface area contributed by atoms with E-state index in [0.29, 0.717) is 23.4 Å². The first-order valence-corrected chi connectivity index (χ1v) is 8.48. The molecule has 0 radical (unpaired) electrons. The number of ether oxygens (including phenoxy) is 1. The van der Waals surface area contributed by atoms with Gasteiger partial charge in [-0.1, -0.05) is 6.07 Å². The van der Waals surface area contributed by atoms with E-state index in [9.17, 15) is 9.18 Å². The Kier molecular flexibility index (Phi) is 4.27. The zero-order valence-electron chi connectivity index (χ0n) is 14.9. The Bertz CT molecular complexity index is 1070. The molecule has 1 aromatic heterocycles. The molecule has 1 atom stereocenters. The van der Waals surface area contributed by atoms with Gasteiger partial charge in [-0.15, -0.1) is 0 Å². The van der Waals surface area contributed by atoms with Crippen LogP contribution in [0.15, 0.2) is 53.9 Å². The molecule has 7 heteroatoms. The van der Waals surface area contributed by atoms with Crippen molar-refractivity contribution in [2.45, 2.75) is 19.4 Å². The van der Waals surface area contributed by atoms with Crippen molar-refractivity contribution < 1.29 is 13.9 Å². The van der Waals surface area contributed by atoms with Gasteiger partial charge in [0.2, 0.25) is 5.91 Å². The van der Waals surface area contributed by atoms with Gasteiger partial charge in [-0.25, -0.2) is 9.40 Å². The summed E-state index contributed by atoms with van der Waals surface area (Å²) in [6, 6.07) is 9.67. The van der Waals surface area contributed by atoms with Crippen LogP contribution < -0.4 is 4.74 Å². The number of halogens is 1. The van der Waals surface area contributed by atoms with E-state index in [4.69, 9.17) is 4.74 Å². The van der Waals surface area contributed by atoms with E-state index in [0.717, 1.165) is 16.6 Å². The second kappa shape index (κ2) is 6.75. The highest BCUT2D eigenvalue weighted by molar-refractivity contribution is 6.05. The highest BCUT2D eigenvalue weighted by Gasteiger charge is 2.32. The van der Waals surface area contributed by atoms with Crippen molar-refractivity contribution in [2.24, 2.45) is 5.10 Å². The minimum Gasteiger partial charge on any atom is -0.496 e. The topological polar surface area (TPSA) is 67.7 Å². The standard InChI is InChI=1S/C20H17FN4O2/c1-12(26)25-19(13-3-5-16-18(9-13)23-8-7-22-16)11-17(24-25)15-10-14(21)4-6-20(15)27-2/h3-10,19H,11H2,1-2H3/t19-/m1/s1. The summed E-state index contributed by atoms with van der Waals surface area (Å²) in [6.07, 6.45) is 3.71. The number of rotatable bonds is 3. The second-order valence-electron chi connectivity index (χ2n) is 6.28. The summed E-state index contributed by atoms with van der Waals surface area (Å²) in [4.78, 5) is 20.8. The lowest BCUT2D eigenvalue weighted by Crippen LogP contribution is -2.24. The summed E-state index contributed by atoms with van der Waals surface area (Å²) in [6.45, 7) is 1.46. The van der Waals surface area contributed by atoms with E-state index in [1.807, 2.05) is 18.2 Å². The fourth-order valence-corrected chi connectivity index (χ4v) is 3.32. The predicted molar refractivity (Wildman–Crippen MR) is 98.9 cm³/mol. The number of carbonyl (C=O) groups excluding carboxylic acids is 1. The lowest BCUT2D eigenvalue weighted by molar-refractivity contribution is -0.130. The van der Waals surface area contributed by atoms with Gasteiger partial charge in [0.05, 0.1) is 29.9 Å². The van der Waals surface area contributed by atoms with Gasteiger partial charge in [0.1, 0.15) is 11.6 Å². The molecule has 0 unspecified atom stereocenters. The van der Waals surface area contributed by atoms with Crippen molar-refractivity contribution in [3.05, 3.63) is 65.7 Å². The Balaban J connectivity index is 1.75. The maximum Gasteiger partial charge on any atom is 0.240 e. The Morgan fingerprint density at radius 3 is 2.67 bits per heavy atom. The zero-order valence-corrected chi connectivity index (χ0v) is 14.9. The molecule has 0 saturated heterocycles. The van der Waals surface area contributed by atoms with Crippen LogP contribution in [0, 0.1) is 5.82 Å². The molecule has 4 rings (SSSR count). The first-order valence-electron chi connectivity index (χ1n) is 8.48. The van der Waals surface area contributed by atoms with Crippen LogP contribution in [0.2, 0.25) is 0 Å². The largest absolute Gasteiger partial charge is 0.496 e. The molecule has 6 nitrogen and oxygen atoms in total. The number of hydrogen-bond acceptors (Lipinski definition) is 5. The number of nitrogens with zero attached hydrogens (tertiary/aromatic N) is 4. The molecule has 3 aromatic rings. The Morgan fingerprint density at radius 2 is 1.93 bits per heavy atom. The highest BCUT2D eigenvalue weighted by atomic mass is 19.1. The molecule has 136 valence electrons. The summed E-state index contributed by atoms with van der Waals surface area (Å²) < 4.78 is 19.1. The van der Waals surface area contributed by atoms with E-state index in [-0.39, 0.29) is 17.8 Å². The van der Waals surface area contributed by atoms with Crippen molar-refractivity contribution >= 4 is 22.7 Å². The van der Waals surface area contributed by atoms with Crippen LogP contribution in [0.25, 0.3) is 11.0 Å². The van der Waals surface area contributed by atoms with Crippen molar-refractivity contribution in [1.82, 2.24) is 15.0 Å². The maximum atomic E-state index is 13.8. The molecule has 2 heterocycles. The number of fused-ring (bicyclic) bond motifs is 1. The van der Waals surface area contributed by atoms with Gasteiger partial charge in [0, 0.05) is 31.3 Å². The van der Waals surface area contributed by atoms with Crippen LogP contribution >= 0.6 is 0 Å². The number of hydrogen-bond donors (Lipinski definition) is 0. The van der Waals surface area contributed by atoms with Gasteiger partial charge >= 0.3 is 0 Å². The van der Waals surface area contributed by atoms with E-state index in [1.54, 1.807) is 18.5 Å². The van der Waals surface area contributed by atoms with Crippen LogP contribution in [0.4, 0.5) is 4.39 Å². The number of hydrazone groups is 1. The third-order valence-corrected chi connectivity index (χ3v) is 4.58. The van der Waals surface area contributed by atoms with Gasteiger partial charge in [0.15, 0.2) is 0 Å². The smallest absolute Gasteiger partial charge is 0.240 e. The molecule has 0 spiro atoms. The second-order valence-corrected chi connectivity index (χ2v) is 6.28. The molecule has 0 fully saturated rings. The fourth-order valence-electron chi connectivity index (χ4n) is 3.32. The maximum absolute atomic E-state index is 13.8. The number of methoxy groups -OCH3 is 1. The quantitative estimate of drug-likeness (QED) is 0.714. The molecule has 0 saturated carbocycles. The summed E-state index contributed by atoms with van der Waals surface area (Å²) in [5, 5.41) is 5.89. The first-order chi connectivity index (χ1) is 13.1. The van der Waals surface area contributed by atoms with Crippen LogP contribution in [0.1, 0.15) is 30.5 Å². The summed E-state index contributed by atoms with van der Waals surface area (Å²) in [7, 11) is 1.52. The number of aromatic nitrogens is 2.